The summed E-state index contributed by atoms with van der Waals surface area (Å²) in [5, 5.41) is 2.23. The molecule has 1 atom stereocenters. The summed E-state index contributed by atoms with van der Waals surface area (Å²) in [7, 11) is -6.75. The van der Waals surface area contributed by atoms with E-state index < -0.39 is 42.5 Å². The van der Waals surface area contributed by atoms with Crippen molar-refractivity contribution < 1.29 is 26.0 Å². The topological polar surface area (TPSA) is 109 Å². The van der Waals surface area contributed by atoms with E-state index in [1.807, 2.05) is 4.72 Å². The maximum absolute atomic E-state index is 13.7. The highest BCUT2D eigenvalue weighted by atomic mass is 32.2. The van der Waals surface area contributed by atoms with Gasteiger partial charge in [0.25, 0.3) is 0 Å². The smallest absolute Gasteiger partial charge is 0.244 e. The molecular formula is C11H15FN2O5S2. The third-order valence-corrected chi connectivity index (χ3v) is 5.26. The van der Waals surface area contributed by atoms with Crippen LogP contribution in [0, 0.1) is 5.82 Å². The molecule has 1 aromatic carbocycles. The molecule has 0 fully saturated rings. The lowest BCUT2D eigenvalue weighted by Crippen LogP contribution is -2.43. The Kier molecular flexibility index (Phi) is 5.07. The van der Waals surface area contributed by atoms with Gasteiger partial charge in [-0.25, -0.2) is 21.2 Å². The first-order chi connectivity index (χ1) is 9.49. The van der Waals surface area contributed by atoms with Gasteiger partial charge in [0.2, 0.25) is 15.9 Å². The van der Waals surface area contributed by atoms with Crippen LogP contribution in [-0.4, -0.2) is 42.1 Å². The van der Waals surface area contributed by atoms with Crippen molar-refractivity contribution in [1.82, 2.24) is 10.0 Å². The highest BCUT2D eigenvalue weighted by Gasteiger charge is 2.25. The maximum atomic E-state index is 13.7. The molecule has 0 radical (unpaired) electrons. The SMILES string of the molecule is CNC(=O)C(C)NS(=O)(=O)c1cc(S(C)(=O)=O)ccc1F. The summed E-state index contributed by atoms with van der Waals surface area (Å²) < 4.78 is 62.5. The Balaban J connectivity index is 3.29. The van der Waals surface area contributed by atoms with E-state index in [9.17, 15) is 26.0 Å². The molecule has 0 aliphatic carbocycles. The molecule has 21 heavy (non-hydrogen) atoms. The van der Waals surface area contributed by atoms with E-state index >= 15 is 0 Å². The number of carbonyl (C=O) groups is 1. The molecule has 0 heterocycles. The number of nitrogens with one attached hydrogen (secondary N) is 2. The lowest BCUT2D eigenvalue weighted by atomic mass is 10.3. The number of carbonyl (C=O) groups excluding carboxylic acids is 1. The average molecular weight is 338 g/mol. The number of sulfonamides is 1. The largest absolute Gasteiger partial charge is 0.358 e. The van der Waals surface area contributed by atoms with Crippen molar-refractivity contribution in [2.24, 2.45) is 0 Å². The number of rotatable bonds is 5. The zero-order chi connectivity index (χ0) is 16.4. The van der Waals surface area contributed by atoms with Crippen molar-refractivity contribution in [2.75, 3.05) is 13.3 Å². The molecule has 2 N–H and O–H groups in total. The average Bonchev–Trinajstić information content (AvgIpc) is 2.35. The van der Waals surface area contributed by atoms with Gasteiger partial charge in [-0.15, -0.1) is 0 Å². The van der Waals surface area contributed by atoms with Crippen LogP contribution in [0.15, 0.2) is 28.0 Å². The molecule has 0 saturated carbocycles. The molecule has 10 heteroatoms. The molecule has 1 unspecified atom stereocenters. The monoisotopic (exact) mass is 338 g/mol. The van der Waals surface area contributed by atoms with Gasteiger partial charge in [-0.1, -0.05) is 0 Å². The fraction of sp³-hybridized carbons (Fsp3) is 0.364. The number of likely N-dealkylation sites (N-methyl/N-ethyl adjacent to an activating group) is 1. The van der Waals surface area contributed by atoms with Crippen molar-refractivity contribution in [3.05, 3.63) is 24.0 Å². The molecule has 0 bridgehead atoms. The Bertz CT molecular complexity index is 759. The third kappa shape index (κ3) is 4.22. The lowest BCUT2D eigenvalue weighted by molar-refractivity contribution is -0.121. The molecule has 0 spiro atoms. The van der Waals surface area contributed by atoms with Gasteiger partial charge in [-0.3, -0.25) is 4.79 Å². The maximum Gasteiger partial charge on any atom is 0.244 e. The van der Waals surface area contributed by atoms with Gasteiger partial charge in [0.1, 0.15) is 10.7 Å². The van der Waals surface area contributed by atoms with E-state index in [0.717, 1.165) is 18.4 Å². The van der Waals surface area contributed by atoms with E-state index in [2.05, 4.69) is 5.32 Å². The van der Waals surface area contributed by atoms with Crippen molar-refractivity contribution in [2.45, 2.75) is 22.8 Å². The van der Waals surface area contributed by atoms with Gasteiger partial charge < -0.3 is 5.32 Å². The van der Waals surface area contributed by atoms with Gasteiger partial charge in [0.15, 0.2) is 9.84 Å². The predicted molar refractivity (Wildman–Crippen MR) is 73.4 cm³/mol. The van der Waals surface area contributed by atoms with Crippen LogP contribution in [0.3, 0.4) is 0 Å². The molecule has 1 amide bonds. The number of benzene rings is 1. The fourth-order valence-corrected chi connectivity index (χ4v) is 3.51. The summed E-state index contributed by atoms with van der Waals surface area (Å²) in [4.78, 5) is 10.1. The van der Waals surface area contributed by atoms with Crippen molar-refractivity contribution in [3.63, 3.8) is 0 Å². The minimum Gasteiger partial charge on any atom is -0.358 e. The second-order valence-electron chi connectivity index (χ2n) is 4.32. The Morgan fingerprint density at radius 2 is 1.81 bits per heavy atom. The van der Waals surface area contributed by atoms with Crippen LogP contribution in [0.25, 0.3) is 0 Å². The van der Waals surface area contributed by atoms with E-state index in [4.69, 9.17) is 0 Å². The number of amides is 1. The Morgan fingerprint density at radius 3 is 2.29 bits per heavy atom. The summed E-state index contributed by atoms with van der Waals surface area (Å²) in [5.41, 5.74) is 0. The standard InChI is InChI=1S/C11H15FN2O5S2/c1-7(11(15)13-2)14-21(18,19)10-6-8(20(3,16)17)4-5-9(10)12/h4-7,14H,1-3H3,(H,13,15). The summed E-state index contributed by atoms with van der Waals surface area (Å²) in [6, 6.07) is 1.28. The first kappa shape index (κ1) is 17.5. The summed E-state index contributed by atoms with van der Waals surface area (Å²) in [5.74, 6) is -1.72. The van der Waals surface area contributed by atoms with Crippen LogP contribution in [0.5, 0.6) is 0 Å². The van der Waals surface area contributed by atoms with E-state index in [1.54, 1.807) is 0 Å². The van der Waals surface area contributed by atoms with Crippen LogP contribution in [-0.2, 0) is 24.7 Å². The van der Waals surface area contributed by atoms with E-state index in [-0.39, 0.29) is 4.90 Å². The predicted octanol–water partition coefficient (Wildman–Crippen LogP) is -0.358. The van der Waals surface area contributed by atoms with E-state index in [0.29, 0.717) is 6.07 Å². The van der Waals surface area contributed by atoms with Gasteiger partial charge in [0, 0.05) is 13.3 Å². The number of hydrogen-bond donors (Lipinski definition) is 2. The second kappa shape index (κ2) is 6.08. The number of sulfone groups is 1. The summed E-state index contributed by atoms with van der Waals surface area (Å²) >= 11 is 0. The first-order valence-corrected chi connectivity index (χ1v) is 9.10. The third-order valence-electron chi connectivity index (χ3n) is 2.59. The highest BCUT2D eigenvalue weighted by molar-refractivity contribution is 7.91. The van der Waals surface area contributed by atoms with Gasteiger partial charge in [-0.2, -0.15) is 4.72 Å². The normalized spacial score (nSPS) is 13.7. The Morgan fingerprint density at radius 1 is 1.24 bits per heavy atom. The molecule has 118 valence electrons. The summed E-state index contributed by atoms with van der Waals surface area (Å²) in [6.07, 6.45) is 0.872. The van der Waals surface area contributed by atoms with Crippen LogP contribution in [0.4, 0.5) is 4.39 Å². The van der Waals surface area contributed by atoms with Gasteiger partial charge in [-0.05, 0) is 25.1 Å². The second-order valence-corrected chi connectivity index (χ2v) is 8.02. The quantitative estimate of drug-likeness (QED) is 0.713. The summed E-state index contributed by atoms with van der Waals surface area (Å²) in [6.45, 7) is 1.27. The Hall–Kier alpha value is -1.52. The van der Waals surface area contributed by atoms with Crippen LogP contribution in [0.2, 0.25) is 0 Å². The molecule has 1 rings (SSSR count). The van der Waals surface area contributed by atoms with Crippen molar-refractivity contribution in [3.8, 4) is 0 Å². The minimum atomic E-state index is -4.38. The molecular weight excluding hydrogens is 323 g/mol. The Labute approximate surface area is 122 Å². The molecule has 1 aromatic rings. The molecule has 7 nitrogen and oxygen atoms in total. The minimum absolute atomic E-state index is 0.336. The molecule has 0 aromatic heterocycles. The van der Waals surface area contributed by atoms with Gasteiger partial charge >= 0.3 is 0 Å². The number of hydrogen-bond acceptors (Lipinski definition) is 5. The van der Waals surface area contributed by atoms with E-state index in [1.165, 1.54) is 14.0 Å². The van der Waals surface area contributed by atoms with Crippen LogP contribution < -0.4 is 10.0 Å². The van der Waals surface area contributed by atoms with Crippen LogP contribution >= 0.6 is 0 Å². The van der Waals surface area contributed by atoms with Crippen LogP contribution in [0.1, 0.15) is 6.92 Å². The van der Waals surface area contributed by atoms with Crippen molar-refractivity contribution >= 4 is 25.8 Å². The highest BCUT2D eigenvalue weighted by Crippen LogP contribution is 2.19. The number of halogens is 1. The molecule has 0 saturated heterocycles. The zero-order valence-corrected chi connectivity index (χ0v) is 13.2. The molecule has 0 aliphatic heterocycles. The lowest BCUT2D eigenvalue weighted by Gasteiger charge is -2.13. The van der Waals surface area contributed by atoms with Crippen molar-refractivity contribution in [1.29, 1.82) is 0 Å². The van der Waals surface area contributed by atoms with Gasteiger partial charge in [0.05, 0.1) is 10.9 Å². The fourth-order valence-electron chi connectivity index (χ4n) is 1.49. The zero-order valence-electron chi connectivity index (χ0n) is 11.5. The molecule has 0 aliphatic rings. The first-order valence-electron chi connectivity index (χ1n) is 5.72.